The zero-order valence-corrected chi connectivity index (χ0v) is 11.4. The van der Waals surface area contributed by atoms with Crippen molar-refractivity contribution < 1.29 is 14.7 Å². The van der Waals surface area contributed by atoms with Crippen molar-refractivity contribution in [1.82, 2.24) is 0 Å². The monoisotopic (exact) mass is 281 g/mol. The van der Waals surface area contributed by atoms with Gasteiger partial charge in [-0.05, 0) is 43.9 Å². The van der Waals surface area contributed by atoms with Crippen molar-refractivity contribution in [2.24, 2.45) is 11.8 Å². The minimum absolute atomic E-state index is 0.117. The van der Waals surface area contributed by atoms with Gasteiger partial charge in [-0.25, -0.2) is 0 Å². The lowest BCUT2D eigenvalue weighted by Gasteiger charge is -2.13. The van der Waals surface area contributed by atoms with Crippen molar-refractivity contribution in [3.63, 3.8) is 0 Å². The highest BCUT2D eigenvalue weighted by molar-refractivity contribution is 6.31. The van der Waals surface area contributed by atoms with E-state index in [0.717, 1.165) is 5.56 Å². The summed E-state index contributed by atoms with van der Waals surface area (Å²) in [5, 5.41) is 12.4. The van der Waals surface area contributed by atoms with Crippen LogP contribution in [0.4, 0.5) is 5.69 Å². The number of nitrogens with one attached hydrogen (secondary N) is 1. The lowest BCUT2D eigenvalue weighted by molar-refractivity contribution is -0.141. The molecule has 1 amide bonds. The number of halogens is 1. The Morgan fingerprint density at radius 2 is 2.00 bits per heavy atom. The van der Waals surface area contributed by atoms with Gasteiger partial charge in [0.25, 0.3) is 0 Å². The number of hydrogen-bond acceptors (Lipinski definition) is 2. The largest absolute Gasteiger partial charge is 0.481 e. The van der Waals surface area contributed by atoms with E-state index < -0.39 is 11.9 Å². The van der Waals surface area contributed by atoms with Gasteiger partial charge in [0.15, 0.2) is 0 Å². The van der Waals surface area contributed by atoms with Gasteiger partial charge in [-0.1, -0.05) is 17.7 Å². The number of anilines is 1. The second kappa shape index (κ2) is 5.61. The third-order valence-electron chi connectivity index (χ3n) is 3.68. The number of aliphatic carboxylic acids is 1. The fraction of sp³-hybridized carbons (Fsp3) is 0.429. The zero-order valence-electron chi connectivity index (χ0n) is 10.6. The molecule has 2 N–H and O–H groups in total. The van der Waals surface area contributed by atoms with E-state index >= 15 is 0 Å². The Hall–Kier alpha value is -1.55. The minimum Gasteiger partial charge on any atom is -0.481 e. The van der Waals surface area contributed by atoms with E-state index in [1.165, 1.54) is 0 Å². The smallest absolute Gasteiger partial charge is 0.306 e. The Bertz CT molecular complexity index is 515. The minimum atomic E-state index is -0.811. The van der Waals surface area contributed by atoms with E-state index in [2.05, 4.69) is 5.32 Å². The second-order valence-corrected chi connectivity index (χ2v) is 5.35. The van der Waals surface area contributed by atoms with Crippen LogP contribution < -0.4 is 5.32 Å². The molecule has 2 rings (SSSR count). The summed E-state index contributed by atoms with van der Waals surface area (Å²) in [6.07, 6.45) is 1.62. The average molecular weight is 282 g/mol. The van der Waals surface area contributed by atoms with Crippen molar-refractivity contribution in [2.45, 2.75) is 26.2 Å². The van der Waals surface area contributed by atoms with Crippen LogP contribution >= 0.6 is 11.6 Å². The molecular weight excluding hydrogens is 266 g/mol. The summed E-state index contributed by atoms with van der Waals surface area (Å²) in [5.41, 5.74) is 1.52. The molecule has 0 radical (unpaired) electrons. The maximum Gasteiger partial charge on any atom is 0.306 e. The van der Waals surface area contributed by atoms with Crippen molar-refractivity contribution in [1.29, 1.82) is 0 Å². The number of rotatable bonds is 3. The predicted molar refractivity (Wildman–Crippen MR) is 73.3 cm³/mol. The number of amides is 1. The summed E-state index contributed by atoms with van der Waals surface area (Å²) in [4.78, 5) is 23.0. The van der Waals surface area contributed by atoms with E-state index in [-0.39, 0.29) is 11.8 Å². The molecule has 0 heterocycles. The van der Waals surface area contributed by atoms with Crippen LogP contribution in [-0.2, 0) is 9.59 Å². The quantitative estimate of drug-likeness (QED) is 0.895. The molecule has 1 aliphatic rings. The first-order chi connectivity index (χ1) is 8.99. The summed E-state index contributed by atoms with van der Waals surface area (Å²) >= 11 is 5.99. The van der Waals surface area contributed by atoms with Gasteiger partial charge in [-0.15, -0.1) is 0 Å². The first-order valence-electron chi connectivity index (χ1n) is 6.28. The molecule has 0 aromatic heterocycles. The Balaban J connectivity index is 2.02. The highest BCUT2D eigenvalue weighted by Gasteiger charge is 2.33. The topological polar surface area (TPSA) is 66.4 Å². The predicted octanol–water partition coefficient (Wildman–Crippen LogP) is 3.09. The Morgan fingerprint density at radius 3 is 2.63 bits per heavy atom. The summed E-state index contributed by atoms with van der Waals surface area (Å²) in [6.45, 7) is 1.84. The molecule has 1 aliphatic carbocycles. The van der Waals surface area contributed by atoms with Crippen molar-refractivity contribution >= 4 is 29.2 Å². The van der Waals surface area contributed by atoms with Crippen molar-refractivity contribution in [2.75, 3.05) is 5.32 Å². The van der Waals surface area contributed by atoms with E-state index in [9.17, 15) is 9.59 Å². The highest BCUT2D eigenvalue weighted by Crippen LogP contribution is 2.32. The lowest BCUT2D eigenvalue weighted by atomic mass is 10.0. The van der Waals surface area contributed by atoms with Crippen molar-refractivity contribution in [3.8, 4) is 0 Å². The van der Waals surface area contributed by atoms with Crippen LogP contribution in [0.15, 0.2) is 18.2 Å². The molecule has 0 bridgehead atoms. The summed E-state index contributed by atoms with van der Waals surface area (Å²) in [5.74, 6) is -1.54. The van der Waals surface area contributed by atoms with Crippen molar-refractivity contribution in [3.05, 3.63) is 28.8 Å². The summed E-state index contributed by atoms with van der Waals surface area (Å²) in [6, 6.07) is 5.34. The molecule has 2 unspecified atom stereocenters. The first-order valence-corrected chi connectivity index (χ1v) is 6.65. The number of hydrogen-bond donors (Lipinski definition) is 2. The molecule has 5 heteroatoms. The summed E-state index contributed by atoms with van der Waals surface area (Å²) in [7, 11) is 0. The molecule has 0 saturated heterocycles. The standard InChI is InChI=1S/C14H16ClNO3/c1-8-11(15)3-2-4-12(8)16-13(17)9-5-6-10(7-9)14(18)19/h2-4,9-10H,5-7H2,1H3,(H,16,17)(H,18,19). The molecular formula is C14H16ClNO3. The maximum atomic E-state index is 12.1. The maximum absolute atomic E-state index is 12.1. The molecule has 2 atom stereocenters. The normalized spacial score (nSPS) is 22.2. The molecule has 0 aliphatic heterocycles. The molecule has 1 fully saturated rings. The highest BCUT2D eigenvalue weighted by atomic mass is 35.5. The van der Waals surface area contributed by atoms with Crippen LogP contribution in [0, 0.1) is 18.8 Å². The second-order valence-electron chi connectivity index (χ2n) is 4.95. The molecule has 0 spiro atoms. The van der Waals surface area contributed by atoms with Gasteiger partial charge >= 0.3 is 5.97 Å². The van der Waals surface area contributed by atoms with Gasteiger partial charge in [0.2, 0.25) is 5.91 Å². The van der Waals surface area contributed by atoms with E-state index in [1.54, 1.807) is 18.2 Å². The molecule has 4 nitrogen and oxygen atoms in total. The van der Waals surface area contributed by atoms with Gasteiger partial charge in [-0.3, -0.25) is 9.59 Å². The average Bonchev–Trinajstić information content (AvgIpc) is 2.84. The third-order valence-corrected chi connectivity index (χ3v) is 4.09. The first kappa shape index (κ1) is 13.9. The molecule has 19 heavy (non-hydrogen) atoms. The Kier molecular flexibility index (Phi) is 4.10. The SMILES string of the molecule is Cc1c(Cl)cccc1NC(=O)C1CCC(C(=O)O)C1. The van der Waals surface area contributed by atoms with E-state index in [4.69, 9.17) is 16.7 Å². The lowest BCUT2D eigenvalue weighted by Crippen LogP contribution is -2.22. The third kappa shape index (κ3) is 3.07. The Morgan fingerprint density at radius 1 is 1.32 bits per heavy atom. The van der Waals surface area contributed by atoms with Crippen LogP contribution in [-0.4, -0.2) is 17.0 Å². The number of carboxylic acid groups (broad SMARTS) is 1. The van der Waals surface area contributed by atoms with Crippen LogP contribution in [0.2, 0.25) is 5.02 Å². The van der Waals surface area contributed by atoms with Crippen LogP contribution in [0.5, 0.6) is 0 Å². The molecule has 102 valence electrons. The van der Waals surface area contributed by atoms with Crippen LogP contribution in [0.3, 0.4) is 0 Å². The van der Waals surface area contributed by atoms with E-state index in [0.29, 0.717) is 30.0 Å². The zero-order chi connectivity index (χ0) is 14.0. The number of carbonyl (C=O) groups is 2. The van der Waals surface area contributed by atoms with Gasteiger partial charge in [0, 0.05) is 16.6 Å². The molecule has 1 aromatic carbocycles. The van der Waals surface area contributed by atoms with Gasteiger partial charge in [0.1, 0.15) is 0 Å². The summed E-state index contributed by atoms with van der Waals surface area (Å²) < 4.78 is 0. The van der Waals surface area contributed by atoms with Gasteiger partial charge in [-0.2, -0.15) is 0 Å². The number of carboxylic acids is 1. The molecule has 1 aromatic rings. The van der Waals surface area contributed by atoms with Gasteiger partial charge < -0.3 is 10.4 Å². The number of carbonyl (C=O) groups excluding carboxylic acids is 1. The van der Waals surface area contributed by atoms with Crippen LogP contribution in [0.1, 0.15) is 24.8 Å². The fourth-order valence-corrected chi connectivity index (χ4v) is 2.60. The Labute approximate surface area is 116 Å². The number of benzene rings is 1. The fourth-order valence-electron chi connectivity index (χ4n) is 2.42. The van der Waals surface area contributed by atoms with Crippen LogP contribution in [0.25, 0.3) is 0 Å². The molecule has 1 saturated carbocycles. The van der Waals surface area contributed by atoms with Gasteiger partial charge in [0.05, 0.1) is 5.92 Å². The van der Waals surface area contributed by atoms with E-state index in [1.807, 2.05) is 6.92 Å².